The second kappa shape index (κ2) is 7.19. The van der Waals surface area contributed by atoms with Crippen LogP contribution in [0.25, 0.3) is 0 Å². The van der Waals surface area contributed by atoms with Crippen molar-refractivity contribution in [3.05, 3.63) is 29.8 Å². The molecule has 4 nitrogen and oxygen atoms in total. The SMILES string of the molecule is COC(=O)CSCC(N)c1ccccc1OC. The molecule has 5 heteroatoms. The van der Waals surface area contributed by atoms with E-state index in [1.54, 1.807) is 7.11 Å². The van der Waals surface area contributed by atoms with E-state index in [0.29, 0.717) is 11.5 Å². The second-order valence-corrected chi connectivity index (χ2v) is 4.47. The number of nitrogens with two attached hydrogens (primary N) is 1. The minimum Gasteiger partial charge on any atom is -0.496 e. The molecule has 1 aromatic rings. The Labute approximate surface area is 105 Å². The van der Waals surface area contributed by atoms with Gasteiger partial charge in [-0.05, 0) is 6.07 Å². The van der Waals surface area contributed by atoms with Crippen molar-refractivity contribution in [3.63, 3.8) is 0 Å². The van der Waals surface area contributed by atoms with Crippen LogP contribution in [0.2, 0.25) is 0 Å². The summed E-state index contributed by atoms with van der Waals surface area (Å²) in [6.07, 6.45) is 0. The van der Waals surface area contributed by atoms with E-state index in [1.807, 2.05) is 24.3 Å². The minimum atomic E-state index is -0.234. The Hall–Kier alpha value is -1.20. The number of esters is 1. The molecule has 0 bridgehead atoms. The van der Waals surface area contributed by atoms with Crippen LogP contribution in [-0.2, 0) is 9.53 Å². The first-order chi connectivity index (χ1) is 8.19. The average Bonchev–Trinajstić information content (AvgIpc) is 2.38. The Balaban J connectivity index is 2.51. The van der Waals surface area contributed by atoms with Crippen LogP contribution in [0.1, 0.15) is 11.6 Å². The molecular weight excluding hydrogens is 238 g/mol. The predicted molar refractivity (Wildman–Crippen MR) is 69.3 cm³/mol. The molecule has 0 radical (unpaired) electrons. The van der Waals surface area contributed by atoms with E-state index in [-0.39, 0.29) is 12.0 Å². The highest BCUT2D eigenvalue weighted by molar-refractivity contribution is 7.99. The van der Waals surface area contributed by atoms with Crippen molar-refractivity contribution < 1.29 is 14.3 Å². The number of hydrogen-bond donors (Lipinski definition) is 1. The normalized spacial score (nSPS) is 11.9. The van der Waals surface area contributed by atoms with Crippen LogP contribution in [-0.4, -0.2) is 31.7 Å². The van der Waals surface area contributed by atoms with Gasteiger partial charge in [0.15, 0.2) is 0 Å². The van der Waals surface area contributed by atoms with E-state index >= 15 is 0 Å². The molecule has 1 aromatic carbocycles. The van der Waals surface area contributed by atoms with Crippen LogP contribution in [0.15, 0.2) is 24.3 Å². The Morgan fingerprint density at radius 1 is 1.41 bits per heavy atom. The van der Waals surface area contributed by atoms with E-state index in [2.05, 4.69) is 4.74 Å². The van der Waals surface area contributed by atoms with Gasteiger partial charge < -0.3 is 15.2 Å². The molecule has 17 heavy (non-hydrogen) atoms. The van der Waals surface area contributed by atoms with Crippen molar-refractivity contribution in [1.29, 1.82) is 0 Å². The molecule has 0 aliphatic rings. The van der Waals surface area contributed by atoms with Crippen LogP contribution < -0.4 is 10.5 Å². The fourth-order valence-corrected chi connectivity index (χ4v) is 2.23. The number of carbonyl (C=O) groups excluding carboxylic acids is 1. The smallest absolute Gasteiger partial charge is 0.315 e. The Kier molecular flexibility index (Phi) is 5.86. The Morgan fingerprint density at radius 3 is 2.76 bits per heavy atom. The van der Waals surface area contributed by atoms with Gasteiger partial charge in [0.25, 0.3) is 0 Å². The number of ether oxygens (including phenoxy) is 2. The van der Waals surface area contributed by atoms with Crippen LogP contribution in [0.5, 0.6) is 5.75 Å². The van der Waals surface area contributed by atoms with Crippen molar-refractivity contribution in [3.8, 4) is 5.75 Å². The molecule has 0 saturated carbocycles. The molecule has 0 spiro atoms. The van der Waals surface area contributed by atoms with Crippen LogP contribution in [0.3, 0.4) is 0 Å². The number of para-hydroxylation sites is 1. The van der Waals surface area contributed by atoms with Gasteiger partial charge in [-0.1, -0.05) is 18.2 Å². The number of hydrogen-bond acceptors (Lipinski definition) is 5. The largest absolute Gasteiger partial charge is 0.496 e. The average molecular weight is 255 g/mol. The van der Waals surface area contributed by atoms with E-state index in [0.717, 1.165) is 11.3 Å². The zero-order valence-electron chi connectivity index (χ0n) is 10.0. The lowest BCUT2D eigenvalue weighted by molar-refractivity contribution is -0.137. The zero-order valence-corrected chi connectivity index (χ0v) is 10.8. The van der Waals surface area contributed by atoms with Gasteiger partial charge in [0.1, 0.15) is 5.75 Å². The minimum absolute atomic E-state index is 0.152. The molecule has 0 amide bonds. The summed E-state index contributed by atoms with van der Waals surface area (Å²) in [7, 11) is 3.00. The lowest BCUT2D eigenvalue weighted by Gasteiger charge is -2.14. The number of methoxy groups -OCH3 is 2. The molecule has 0 aliphatic heterocycles. The predicted octanol–water partition coefficient (Wildman–Crippen LogP) is 1.60. The van der Waals surface area contributed by atoms with E-state index in [4.69, 9.17) is 10.5 Å². The number of carbonyl (C=O) groups is 1. The number of rotatable bonds is 6. The molecule has 0 aromatic heterocycles. The number of thioether (sulfide) groups is 1. The lowest BCUT2D eigenvalue weighted by atomic mass is 10.1. The third-order valence-corrected chi connectivity index (χ3v) is 3.32. The first-order valence-electron chi connectivity index (χ1n) is 5.22. The summed E-state index contributed by atoms with van der Waals surface area (Å²) in [6, 6.07) is 7.47. The first kappa shape index (κ1) is 13.9. The fraction of sp³-hybridized carbons (Fsp3) is 0.417. The van der Waals surface area contributed by atoms with Gasteiger partial charge in [-0.25, -0.2) is 0 Å². The Bertz CT molecular complexity index is 371. The van der Waals surface area contributed by atoms with Gasteiger partial charge in [0.05, 0.1) is 20.0 Å². The standard InChI is InChI=1S/C12H17NO3S/c1-15-11-6-4-3-5-9(11)10(13)7-17-8-12(14)16-2/h3-6,10H,7-8,13H2,1-2H3. The van der Waals surface area contributed by atoms with E-state index in [9.17, 15) is 4.79 Å². The van der Waals surface area contributed by atoms with Crippen molar-refractivity contribution in [1.82, 2.24) is 0 Å². The molecule has 1 atom stereocenters. The lowest BCUT2D eigenvalue weighted by Crippen LogP contribution is -2.15. The summed E-state index contributed by atoms with van der Waals surface area (Å²) in [6.45, 7) is 0. The molecule has 2 N–H and O–H groups in total. The second-order valence-electron chi connectivity index (χ2n) is 3.44. The number of benzene rings is 1. The summed E-state index contributed by atoms with van der Waals surface area (Å²) >= 11 is 1.45. The molecule has 1 unspecified atom stereocenters. The van der Waals surface area contributed by atoms with Gasteiger partial charge in [0.2, 0.25) is 0 Å². The van der Waals surface area contributed by atoms with Crippen LogP contribution >= 0.6 is 11.8 Å². The van der Waals surface area contributed by atoms with Crippen LogP contribution in [0, 0.1) is 0 Å². The van der Waals surface area contributed by atoms with Gasteiger partial charge in [-0.15, -0.1) is 11.8 Å². The summed E-state index contributed by atoms with van der Waals surface area (Å²) in [4.78, 5) is 10.9. The van der Waals surface area contributed by atoms with E-state index < -0.39 is 0 Å². The monoisotopic (exact) mass is 255 g/mol. The maximum Gasteiger partial charge on any atom is 0.315 e. The summed E-state index contributed by atoms with van der Waals surface area (Å²) in [5, 5.41) is 0. The molecule has 0 aliphatic carbocycles. The molecule has 94 valence electrons. The highest BCUT2D eigenvalue weighted by Crippen LogP contribution is 2.25. The summed E-state index contributed by atoms with van der Waals surface area (Å²) < 4.78 is 9.79. The first-order valence-corrected chi connectivity index (χ1v) is 6.37. The van der Waals surface area contributed by atoms with Crippen LogP contribution in [0.4, 0.5) is 0 Å². The molecule has 0 heterocycles. The highest BCUT2D eigenvalue weighted by atomic mass is 32.2. The topological polar surface area (TPSA) is 61.5 Å². The summed E-state index contributed by atoms with van der Waals surface area (Å²) in [5.74, 6) is 1.51. The van der Waals surface area contributed by atoms with Crippen molar-refractivity contribution in [2.24, 2.45) is 5.73 Å². The highest BCUT2D eigenvalue weighted by Gasteiger charge is 2.12. The van der Waals surface area contributed by atoms with Crippen molar-refractivity contribution >= 4 is 17.7 Å². The maximum absolute atomic E-state index is 10.9. The van der Waals surface area contributed by atoms with Gasteiger partial charge in [-0.3, -0.25) is 4.79 Å². The van der Waals surface area contributed by atoms with Gasteiger partial charge in [0, 0.05) is 17.4 Å². The fourth-order valence-electron chi connectivity index (χ4n) is 1.39. The third kappa shape index (κ3) is 4.28. The van der Waals surface area contributed by atoms with Crippen molar-refractivity contribution in [2.45, 2.75) is 6.04 Å². The zero-order chi connectivity index (χ0) is 12.7. The maximum atomic E-state index is 10.9. The van der Waals surface area contributed by atoms with Gasteiger partial charge in [-0.2, -0.15) is 0 Å². The summed E-state index contributed by atoms with van der Waals surface area (Å²) in [5.41, 5.74) is 7.00. The Morgan fingerprint density at radius 2 is 2.12 bits per heavy atom. The molecule has 0 fully saturated rings. The van der Waals surface area contributed by atoms with Crippen molar-refractivity contribution in [2.75, 3.05) is 25.7 Å². The van der Waals surface area contributed by atoms with E-state index in [1.165, 1.54) is 18.9 Å². The molecule has 1 rings (SSSR count). The third-order valence-electron chi connectivity index (χ3n) is 2.28. The quantitative estimate of drug-likeness (QED) is 0.782. The van der Waals surface area contributed by atoms with Gasteiger partial charge >= 0.3 is 5.97 Å². The molecular formula is C12H17NO3S. The molecule has 0 saturated heterocycles.